The van der Waals surface area contributed by atoms with E-state index in [-0.39, 0.29) is 22.3 Å². The van der Waals surface area contributed by atoms with Gasteiger partial charge in [0.1, 0.15) is 5.76 Å². The molecule has 37 heavy (non-hydrogen) atoms. The zero-order valence-electron chi connectivity index (χ0n) is 21.7. The summed E-state index contributed by atoms with van der Waals surface area (Å²) in [5, 5.41) is 9.52. The Kier molecular flexibility index (Phi) is 6.30. The maximum absolute atomic E-state index is 14.0. The van der Waals surface area contributed by atoms with Crippen molar-refractivity contribution >= 4 is 21.5 Å². The number of hydrogen-bond donors (Lipinski definition) is 1. The van der Waals surface area contributed by atoms with E-state index in [1.165, 1.54) is 6.07 Å². The lowest BCUT2D eigenvalue weighted by Crippen LogP contribution is -2.30. The zero-order chi connectivity index (χ0) is 27.0. The molecule has 3 aromatic carbocycles. The van der Waals surface area contributed by atoms with E-state index in [1.54, 1.807) is 42.7 Å². The molecule has 0 spiro atoms. The third-order valence-corrected chi connectivity index (χ3v) is 8.71. The number of hydrogen-bond acceptors (Lipinski definition) is 5. The average molecular weight is 517 g/mol. The van der Waals surface area contributed by atoms with Crippen LogP contribution in [0, 0.1) is 5.92 Å². The number of sulfone groups is 1. The molecule has 190 valence electrons. The van der Waals surface area contributed by atoms with Crippen LogP contribution >= 0.6 is 0 Å². The van der Waals surface area contributed by atoms with Crippen LogP contribution in [0.3, 0.4) is 0 Å². The molecule has 4 aromatic rings. The third-order valence-electron chi connectivity index (χ3n) is 6.80. The third kappa shape index (κ3) is 4.79. The van der Waals surface area contributed by atoms with Crippen molar-refractivity contribution in [1.82, 2.24) is 0 Å². The quantitative estimate of drug-likeness (QED) is 0.309. The molecule has 0 amide bonds. The number of carbonyl (C=O) groups is 1. The summed E-state index contributed by atoms with van der Waals surface area (Å²) in [6, 6.07) is 22.9. The average Bonchev–Trinajstić information content (AvgIpc) is 3.59. The van der Waals surface area contributed by atoms with Crippen LogP contribution < -0.4 is 4.90 Å². The fraction of sp³-hybridized carbons (Fsp3) is 0.233. The van der Waals surface area contributed by atoms with E-state index >= 15 is 0 Å². The summed E-state index contributed by atoms with van der Waals surface area (Å²) in [5.41, 5.74) is 3.36. The molecule has 0 aliphatic heterocycles. The summed E-state index contributed by atoms with van der Waals surface area (Å²) >= 11 is 0. The lowest BCUT2D eigenvalue weighted by atomic mass is 10.1. The molecule has 0 radical (unpaired) electrons. The number of nitrogens with zero attached hydrogens (tertiary/aromatic N) is 1. The molecule has 1 unspecified atom stereocenters. The first-order valence-corrected chi connectivity index (χ1v) is 13.7. The Morgan fingerprint density at radius 3 is 2.41 bits per heavy atom. The van der Waals surface area contributed by atoms with Gasteiger partial charge in [-0.2, -0.15) is 0 Å². The number of benzene rings is 3. The van der Waals surface area contributed by atoms with Gasteiger partial charge < -0.3 is 14.4 Å². The van der Waals surface area contributed by atoms with E-state index in [4.69, 9.17) is 4.42 Å². The predicted octanol–water partition coefficient (Wildman–Crippen LogP) is 5.99. The second-order valence-electron chi connectivity index (χ2n) is 9.53. The molecule has 0 saturated carbocycles. The van der Waals surface area contributed by atoms with Gasteiger partial charge in [-0.05, 0) is 91.9 Å². The van der Waals surface area contributed by atoms with Crippen molar-refractivity contribution in [3.05, 3.63) is 102 Å². The molecule has 1 aromatic heterocycles. The fourth-order valence-corrected chi connectivity index (χ4v) is 6.63. The SMILES string of the molecule is [2H]C(c1ccccc1S(=O)(=O)c1cccc2c1C[C@@H](C(=O)O)C2)N(c1ccc(-c2ccco2)cc1)C(C)C. The highest BCUT2D eigenvalue weighted by molar-refractivity contribution is 7.91. The van der Waals surface area contributed by atoms with Gasteiger partial charge in [-0.3, -0.25) is 4.79 Å². The molecule has 2 atom stereocenters. The molecule has 6 nitrogen and oxygen atoms in total. The van der Waals surface area contributed by atoms with Gasteiger partial charge >= 0.3 is 5.97 Å². The zero-order valence-corrected chi connectivity index (χ0v) is 21.5. The summed E-state index contributed by atoms with van der Waals surface area (Å²) in [7, 11) is -4.02. The van der Waals surface area contributed by atoms with Gasteiger partial charge in [0.2, 0.25) is 9.84 Å². The molecule has 5 rings (SSSR count). The highest BCUT2D eigenvalue weighted by Gasteiger charge is 2.33. The molecule has 0 saturated heterocycles. The van der Waals surface area contributed by atoms with E-state index in [2.05, 4.69) is 0 Å². The van der Waals surface area contributed by atoms with Crippen LogP contribution in [0.25, 0.3) is 11.3 Å². The second-order valence-corrected chi connectivity index (χ2v) is 11.4. The van der Waals surface area contributed by atoms with Crippen LogP contribution in [0.15, 0.2) is 99.3 Å². The number of aliphatic carboxylic acids is 1. The van der Waals surface area contributed by atoms with Gasteiger partial charge in [0.25, 0.3) is 0 Å². The summed E-state index contributed by atoms with van der Waals surface area (Å²) in [6.07, 6.45) is 2.10. The molecule has 1 N–H and O–H groups in total. The van der Waals surface area contributed by atoms with Crippen molar-refractivity contribution in [1.29, 1.82) is 0 Å². The highest BCUT2D eigenvalue weighted by atomic mass is 32.2. The first-order chi connectivity index (χ1) is 18.2. The van der Waals surface area contributed by atoms with E-state index in [0.29, 0.717) is 17.5 Å². The van der Waals surface area contributed by atoms with Crippen LogP contribution in [0.1, 0.15) is 31.9 Å². The van der Waals surface area contributed by atoms with Crippen LogP contribution in [-0.4, -0.2) is 25.5 Å². The number of carboxylic acids is 1. The number of rotatable bonds is 8. The topological polar surface area (TPSA) is 87.8 Å². The number of carboxylic acid groups (broad SMARTS) is 1. The van der Waals surface area contributed by atoms with Crippen molar-refractivity contribution in [2.75, 3.05) is 4.90 Å². The van der Waals surface area contributed by atoms with Gasteiger partial charge in [-0.25, -0.2) is 8.42 Å². The Bertz CT molecular complexity index is 1560. The second kappa shape index (κ2) is 9.90. The fourth-order valence-electron chi connectivity index (χ4n) is 4.91. The Balaban J connectivity index is 1.53. The highest BCUT2D eigenvalue weighted by Crippen LogP contribution is 2.36. The van der Waals surface area contributed by atoms with Crippen LogP contribution in [0.5, 0.6) is 0 Å². The largest absolute Gasteiger partial charge is 0.481 e. The van der Waals surface area contributed by atoms with Crippen molar-refractivity contribution in [3.8, 4) is 11.3 Å². The van der Waals surface area contributed by atoms with Crippen molar-refractivity contribution in [3.63, 3.8) is 0 Å². The van der Waals surface area contributed by atoms with Crippen LogP contribution in [0.4, 0.5) is 5.69 Å². The van der Waals surface area contributed by atoms with E-state index in [9.17, 15) is 19.7 Å². The van der Waals surface area contributed by atoms with Crippen molar-refractivity contribution in [2.45, 2.75) is 49.0 Å². The summed E-state index contributed by atoms with van der Waals surface area (Å²) in [4.78, 5) is 13.7. The van der Waals surface area contributed by atoms with Gasteiger partial charge in [0.15, 0.2) is 0 Å². The number of furan rings is 1. The molecule has 1 heterocycles. The predicted molar refractivity (Wildman–Crippen MR) is 142 cm³/mol. The van der Waals surface area contributed by atoms with Gasteiger partial charge in [-0.15, -0.1) is 0 Å². The number of anilines is 1. The first-order valence-electron chi connectivity index (χ1n) is 12.8. The molecule has 0 bridgehead atoms. The monoisotopic (exact) mass is 516 g/mol. The Labute approximate surface area is 218 Å². The normalized spacial score (nSPS) is 16.3. The Morgan fingerprint density at radius 2 is 1.73 bits per heavy atom. The Hall–Kier alpha value is -3.84. The first kappa shape index (κ1) is 23.6. The maximum atomic E-state index is 14.0. The van der Waals surface area contributed by atoms with Crippen molar-refractivity contribution < 1.29 is 24.1 Å². The summed E-state index contributed by atoms with van der Waals surface area (Å²) in [5.74, 6) is -0.824. The van der Waals surface area contributed by atoms with Gasteiger partial charge in [0, 0.05) is 23.8 Å². The molecule has 1 aliphatic rings. The smallest absolute Gasteiger partial charge is 0.307 e. The van der Waals surface area contributed by atoms with Crippen LogP contribution in [0.2, 0.25) is 0 Å². The van der Waals surface area contributed by atoms with E-state index in [1.807, 2.05) is 55.1 Å². The van der Waals surface area contributed by atoms with Crippen LogP contribution in [-0.2, 0) is 34.0 Å². The van der Waals surface area contributed by atoms with Gasteiger partial charge in [0.05, 0.1) is 23.3 Å². The number of fused-ring (bicyclic) bond motifs is 1. The maximum Gasteiger partial charge on any atom is 0.307 e. The molecule has 7 heteroatoms. The van der Waals surface area contributed by atoms with Crippen molar-refractivity contribution in [2.24, 2.45) is 5.92 Å². The molecular formula is C30H29NO5S. The molecular weight excluding hydrogens is 486 g/mol. The summed E-state index contributed by atoms with van der Waals surface area (Å²) in [6.45, 7) is 2.93. The lowest BCUT2D eigenvalue weighted by Gasteiger charge is -2.30. The molecule has 1 aliphatic carbocycles. The minimum Gasteiger partial charge on any atom is -0.481 e. The molecule has 0 fully saturated rings. The standard InChI is InChI=1S/C30H29NO5S/c1-20(2)31(25-14-12-21(13-15-25)27-9-6-16-36-27)19-23-7-3-4-10-28(23)37(34,35)29-11-5-8-22-17-24(30(32)33)18-26(22)29/h3-16,20,24H,17-19H2,1-2H3,(H,32,33)/t24-/m0/s1/i19D/t19?,24-. The van der Waals surface area contributed by atoms with E-state index in [0.717, 1.165) is 22.6 Å². The lowest BCUT2D eigenvalue weighted by molar-refractivity contribution is -0.141. The minimum atomic E-state index is -4.02. The summed E-state index contributed by atoms with van der Waals surface area (Å²) < 4.78 is 42.8. The van der Waals surface area contributed by atoms with Gasteiger partial charge in [-0.1, -0.05) is 30.3 Å². The Morgan fingerprint density at radius 1 is 1.00 bits per heavy atom. The minimum absolute atomic E-state index is 0.0602. The van der Waals surface area contributed by atoms with E-state index < -0.39 is 28.2 Å².